The summed E-state index contributed by atoms with van der Waals surface area (Å²) in [4.78, 5) is 0. The van der Waals surface area contributed by atoms with Gasteiger partial charge < -0.3 is 5.32 Å². The predicted molar refractivity (Wildman–Crippen MR) is 46.4 cm³/mol. The minimum atomic E-state index is -0.127. The van der Waals surface area contributed by atoms with Gasteiger partial charge in [0, 0.05) is 6.54 Å². The average molecular weight is 165 g/mol. The van der Waals surface area contributed by atoms with Gasteiger partial charge in [-0.1, -0.05) is 6.07 Å². The highest BCUT2D eigenvalue weighted by molar-refractivity contribution is 5.28. The van der Waals surface area contributed by atoms with Crippen molar-refractivity contribution in [2.24, 2.45) is 0 Å². The Labute approximate surface area is 71.6 Å². The minimum Gasteiger partial charge on any atom is -0.313 e. The van der Waals surface area contributed by atoms with Crippen LogP contribution in [0.25, 0.3) is 0 Å². The lowest BCUT2D eigenvalue weighted by Crippen LogP contribution is -2.11. The van der Waals surface area contributed by atoms with E-state index >= 15 is 0 Å². The first-order valence-corrected chi connectivity index (χ1v) is 4.34. The van der Waals surface area contributed by atoms with Crippen LogP contribution in [0, 0.1) is 5.82 Å². The molecule has 1 aliphatic rings. The summed E-state index contributed by atoms with van der Waals surface area (Å²) in [6.45, 7) is 1.85. The second kappa shape index (κ2) is 3.23. The first kappa shape index (κ1) is 7.74. The maximum absolute atomic E-state index is 12.8. The summed E-state index contributed by atoms with van der Waals surface area (Å²) in [6.07, 6.45) is 2.22. The molecule has 1 aliphatic heterocycles. The van der Waals surface area contributed by atoms with Gasteiger partial charge >= 0.3 is 0 Å². The van der Waals surface area contributed by atoms with E-state index < -0.39 is 0 Å². The van der Waals surface area contributed by atoms with Crippen molar-refractivity contribution in [1.82, 2.24) is 5.32 Å². The molecule has 0 saturated carbocycles. The van der Waals surface area contributed by atoms with Crippen LogP contribution in [-0.4, -0.2) is 6.54 Å². The summed E-state index contributed by atoms with van der Waals surface area (Å²) in [6, 6.07) is 5.08. The summed E-state index contributed by atoms with van der Waals surface area (Å²) in [7, 11) is 0. The van der Waals surface area contributed by atoms with Crippen LogP contribution in [0.1, 0.15) is 17.5 Å². The number of hydrogen-bond donors (Lipinski definition) is 1. The molecule has 0 fully saturated rings. The van der Waals surface area contributed by atoms with Crippen molar-refractivity contribution in [2.75, 3.05) is 6.54 Å². The van der Waals surface area contributed by atoms with E-state index in [1.165, 1.54) is 5.56 Å². The third kappa shape index (κ3) is 1.48. The van der Waals surface area contributed by atoms with Crippen LogP contribution >= 0.6 is 0 Å². The Morgan fingerprint density at radius 1 is 1.25 bits per heavy atom. The standard InChI is InChI=1S/C10H12FN/c11-10-4-3-8-2-1-5-12-7-9(8)6-10/h3-4,6,12H,1-2,5,7H2. The molecule has 0 spiro atoms. The topological polar surface area (TPSA) is 12.0 Å². The Hall–Kier alpha value is -0.890. The fourth-order valence-corrected chi connectivity index (χ4v) is 1.63. The first-order chi connectivity index (χ1) is 5.86. The zero-order valence-corrected chi connectivity index (χ0v) is 6.94. The summed E-state index contributed by atoms with van der Waals surface area (Å²) >= 11 is 0. The molecule has 0 radical (unpaired) electrons. The van der Waals surface area contributed by atoms with E-state index in [-0.39, 0.29) is 5.82 Å². The molecule has 0 amide bonds. The molecule has 0 bridgehead atoms. The lowest BCUT2D eigenvalue weighted by molar-refractivity contribution is 0.622. The normalized spacial score (nSPS) is 16.8. The monoisotopic (exact) mass is 165 g/mol. The van der Waals surface area contributed by atoms with Gasteiger partial charge in [-0.2, -0.15) is 0 Å². The Balaban J connectivity index is 2.36. The Kier molecular flexibility index (Phi) is 2.09. The maximum atomic E-state index is 12.8. The number of nitrogens with one attached hydrogen (secondary N) is 1. The summed E-state index contributed by atoms with van der Waals surface area (Å²) in [5.41, 5.74) is 2.41. The van der Waals surface area contributed by atoms with Crippen LogP contribution in [0.4, 0.5) is 4.39 Å². The zero-order valence-electron chi connectivity index (χ0n) is 6.94. The molecular weight excluding hydrogens is 153 g/mol. The van der Waals surface area contributed by atoms with Crippen LogP contribution in [0.2, 0.25) is 0 Å². The van der Waals surface area contributed by atoms with Crippen LogP contribution in [0.5, 0.6) is 0 Å². The second-order valence-electron chi connectivity index (χ2n) is 3.19. The molecule has 1 aromatic carbocycles. The second-order valence-corrected chi connectivity index (χ2v) is 3.19. The number of rotatable bonds is 0. The number of aryl methyl sites for hydroxylation is 1. The summed E-state index contributed by atoms with van der Waals surface area (Å²) in [5.74, 6) is -0.127. The lowest BCUT2D eigenvalue weighted by atomic mass is 10.0. The van der Waals surface area contributed by atoms with E-state index in [4.69, 9.17) is 0 Å². The van der Waals surface area contributed by atoms with Crippen LogP contribution in [-0.2, 0) is 13.0 Å². The Bertz CT molecular complexity index is 283. The molecular formula is C10H12FN. The van der Waals surface area contributed by atoms with E-state index in [1.54, 1.807) is 12.1 Å². The molecule has 0 saturated heterocycles. The Morgan fingerprint density at radius 3 is 3.08 bits per heavy atom. The third-order valence-corrected chi connectivity index (χ3v) is 2.28. The van der Waals surface area contributed by atoms with Gasteiger partial charge in [0.15, 0.2) is 0 Å². The van der Waals surface area contributed by atoms with Gasteiger partial charge in [0.05, 0.1) is 0 Å². The van der Waals surface area contributed by atoms with Gasteiger partial charge in [0.2, 0.25) is 0 Å². The molecule has 0 unspecified atom stereocenters. The number of hydrogen-bond acceptors (Lipinski definition) is 1. The first-order valence-electron chi connectivity index (χ1n) is 4.34. The van der Waals surface area contributed by atoms with Crippen molar-refractivity contribution in [1.29, 1.82) is 0 Å². The molecule has 1 nitrogen and oxygen atoms in total. The molecule has 1 N–H and O–H groups in total. The SMILES string of the molecule is Fc1ccc2c(c1)CNCCC2. The molecule has 12 heavy (non-hydrogen) atoms. The molecule has 2 heteroatoms. The lowest BCUT2D eigenvalue weighted by Gasteiger charge is -2.03. The number of benzene rings is 1. The van der Waals surface area contributed by atoms with Crippen LogP contribution in [0.3, 0.4) is 0 Å². The van der Waals surface area contributed by atoms with Gasteiger partial charge in [-0.25, -0.2) is 4.39 Å². The fraction of sp³-hybridized carbons (Fsp3) is 0.400. The average Bonchev–Trinajstić information content (AvgIpc) is 2.28. The van der Waals surface area contributed by atoms with Gasteiger partial charge in [-0.05, 0) is 42.6 Å². The molecule has 0 atom stereocenters. The van der Waals surface area contributed by atoms with Crippen molar-refractivity contribution in [3.63, 3.8) is 0 Å². The highest BCUT2D eigenvalue weighted by Crippen LogP contribution is 2.15. The van der Waals surface area contributed by atoms with E-state index in [0.29, 0.717) is 0 Å². The zero-order chi connectivity index (χ0) is 8.39. The highest BCUT2D eigenvalue weighted by atomic mass is 19.1. The third-order valence-electron chi connectivity index (χ3n) is 2.28. The van der Waals surface area contributed by atoms with Gasteiger partial charge in [-0.3, -0.25) is 0 Å². The van der Waals surface area contributed by atoms with E-state index in [1.807, 2.05) is 6.07 Å². The minimum absolute atomic E-state index is 0.127. The van der Waals surface area contributed by atoms with Crippen molar-refractivity contribution in [3.8, 4) is 0 Å². The summed E-state index contributed by atoms with van der Waals surface area (Å²) < 4.78 is 12.8. The predicted octanol–water partition coefficient (Wildman–Crippen LogP) is 1.86. The van der Waals surface area contributed by atoms with Crippen molar-refractivity contribution < 1.29 is 4.39 Å². The van der Waals surface area contributed by atoms with Crippen LogP contribution < -0.4 is 5.32 Å². The molecule has 1 aromatic rings. The maximum Gasteiger partial charge on any atom is 0.123 e. The van der Waals surface area contributed by atoms with Crippen molar-refractivity contribution in [3.05, 3.63) is 35.1 Å². The van der Waals surface area contributed by atoms with E-state index in [2.05, 4.69) is 5.32 Å². The van der Waals surface area contributed by atoms with Crippen LogP contribution in [0.15, 0.2) is 18.2 Å². The quantitative estimate of drug-likeness (QED) is 0.618. The molecule has 0 aliphatic carbocycles. The van der Waals surface area contributed by atoms with Crippen molar-refractivity contribution in [2.45, 2.75) is 19.4 Å². The van der Waals surface area contributed by atoms with Gasteiger partial charge in [0.25, 0.3) is 0 Å². The van der Waals surface area contributed by atoms with E-state index in [9.17, 15) is 4.39 Å². The van der Waals surface area contributed by atoms with Gasteiger partial charge in [0.1, 0.15) is 5.82 Å². The van der Waals surface area contributed by atoms with Crippen molar-refractivity contribution >= 4 is 0 Å². The van der Waals surface area contributed by atoms with E-state index in [0.717, 1.165) is 31.5 Å². The Morgan fingerprint density at radius 2 is 2.17 bits per heavy atom. The largest absolute Gasteiger partial charge is 0.313 e. The molecule has 2 rings (SSSR count). The molecule has 64 valence electrons. The van der Waals surface area contributed by atoms with Gasteiger partial charge in [-0.15, -0.1) is 0 Å². The smallest absolute Gasteiger partial charge is 0.123 e. The molecule has 0 aromatic heterocycles. The fourth-order valence-electron chi connectivity index (χ4n) is 1.63. The number of fused-ring (bicyclic) bond motifs is 1. The number of halogens is 1. The highest BCUT2D eigenvalue weighted by Gasteiger charge is 2.06. The summed E-state index contributed by atoms with van der Waals surface area (Å²) in [5, 5.41) is 3.26. The molecule has 1 heterocycles.